The van der Waals surface area contributed by atoms with Gasteiger partial charge in [-0.15, -0.1) is 0 Å². The molecule has 0 atom stereocenters. The lowest BCUT2D eigenvalue weighted by Gasteiger charge is -2.04. The van der Waals surface area contributed by atoms with Gasteiger partial charge in [0.1, 0.15) is 5.75 Å². The van der Waals surface area contributed by atoms with Crippen molar-refractivity contribution in [2.24, 2.45) is 0 Å². The van der Waals surface area contributed by atoms with Crippen LogP contribution in [0.15, 0.2) is 30.5 Å². The summed E-state index contributed by atoms with van der Waals surface area (Å²) >= 11 is 0. The Labute approximate surface area is 93.1 Å². The first-order valence-corrected chi connectivity index (χ1v) is 5.05. The number of hydrogen-bond donors (Lipinski definition) is 1. The van der Waals surface area contributed by atoms with Crippen molar-refractivity contribution < 1.29 is 14.6 Å². The molecule has 2 rings (SSSR count). The van der Waals surface area contributed by atoms with Crippen LogP contribution in [0.2, 0.25) is 0 Å². The molecule has 0 radical (unpaired) electrons. The minimum atomic E-state index is -0.782. The molecule has 0 aliphatic rings. The maximum Gasteiger partial charge on any atom is 0.305 e. The average Bonchev–Trinajstić information content (AvgIpc) is 2.68. The Bertz CT molecular complexity index is 516. The highest BCUT2D eigenvalue weighted by Crippen LogP contribution is 2.21. The van der Waals surface area contributed by atoms with E-state index in [4.69, 9.17) is 9.84 Å². The number of carbonyl (C=O) groups is 1. The minimum Gasteiger partial charge on any atom is -0.497 e. The summed E-state index contributed by atoms with van der Waals surface area (Å²) < 4.78 is 7.06. The number of rotatable bonds is 4. The molecule has 0 amide bonds. The third-order valence-corrected chi connectivity index (χ3v) is 2.54. The van der Waals surface area contributed by atoms with E-state index < -0.39 is 5.97 Å². The Kier molecular flexibility index (Phi) is 2.81. The number of hydrogen-bond acceptors (Lipinski definition) is 2. The summed E-state index contributed by atoms with van der Waals surface area (Å²) in [4.78, 5) is 10.5. The number of fused-ring (bicyclic) bond motifs is 1. The molecule has 4 nitrogen and oxygen atoms in total. The molecule has 1 aromatic carbocycles. The van der Waals surface area contributed by atoms with E-state index in [1.54, 1.807) is 7.11 Å². The largest absolute Gasteiger partial charge is 0.497 e. The zero-order valence-corrected chi connectivity index (χ0v) is 9.01. The van der Waals surface area contributed by atoms with E-state index in [2.05, 4.69) is 0 Å². The Morgan fingerprint density at radius 2 is 2.25 bits per heavy atom. The quantitative estimate of drug-likeness (QED) is 0.856. The zero-order chi connectivity index (χ0) is 11.5. The highest BCUT2D eigenvalue weighted by Gasteiger charge is 2.04. The first-order chi connectivity index (χ1) is 7.70. The molecule has 0 unspecified atom stereocenters. The van der Waals surface area contributed by atoms with Gasteiger partial charge in [0, 0.05) is 23.6 Å². The first-order valence-electron chi connectivity index (χ1n) is 5.05. The topological polar surface area (TPSA) is 51.5 Å². The first kappa shape index (κ1) is 10.5. The van der Waals surface area contributed by atoms with Gasteiger partial charge in [0.25, 0.3) is 0 Å². The number of benzene rings is 1. The molecule has 0 fully saturated rings. The van der Waals surface area contributed by atoms with Crippen LogP contribution in [0.3, 0.4) is 0 Å². The molecule has 0 saturated carbocycles. The summed E-state index contributed by atoms with van der Waals surface area (Å²) in [7, 11) is 1.63. The lowest BCUT2D eigenvalue weighted by Crippen LogP contribution is -2.03. The van der Waals surface area contributed by atoms with Gasteiger partial charge in [-0.2, -0.15) is 0 Å². The zero-order valence-electron chi connectivity index (χ0n) is 9.01. The summed E-state index contributed by atoms with van der Waals surface area (Å²) in [5.74, 6) is 0.0267. The summed E-state index contributed by atoms with van der Waals surface area (Å²) in [5.41, 5.74) is 1.03. The number of nitrogens with zero attached hydrogens (tertiary/aromatic N) is 1. The average molecular weight is 219 g/mol. The third kappa shape index (κ3) is 2.00. The fourth-order valence-corrected chi connectivity index (χ4v) is 1.72. The maximum atomic E-state index is 10.5. The highest BCUT2D eigenvalue weighted by atomic mass is 16.5. The second-order valence-corrected chi connectivity index (χ2v) is 3.58. The fourth-order valence-electron chi connectivity index (χ4n) is 1.72. The third-order valence-electron chi connectivity index (χ3n) is 2.54. The van der Waals surface area contributed by atoms with Crippen LogP contribution in [-0.2, 0) is 11.3 Å². The number of aliphatic carboxylic acids is 1. The van der Waals surface area contributed by atoms with Gasteiger partial charge in [0.05, 0.1) is 13.5 Å². The number of aromatic nitrogens is 1. The molecule has 84 valence electrons. The van der Waals surface area contributed by atoms with E-state index >= 15 is 0 Å². The van der Waals surface area contributed by atoms with E-state index in [-0.39, 0.29) is 6.42 Å². The molecule has 1 aromatic heterocycles. The Morgan fingerprint density at radius 3 is 2.94 bits per heavy atom. The van der Waals surface area contributed by atoms with Crippen LogP contribution >= 0.6 is 0 Å². The van der Waals surface area contributed by atoms with Crippen LogP contribution < -0.4 is 4.74 Å². The van der Waals surface area contributed by atoms with Crippen molar-refractivity contribution in [1.82, 2.24) is 4.57 Å². The fraction of sp³-hybridized carbons (Fsp3) is 0.250. The van der Waals surface area contributed by atoms with Crippen LogP contribution in [0.1, 0.15) is 6.42 Å². The van der Waals surface area contributed by atoms with Crippen molar-refractivity contribution in [3.8, 4) is 5.75 Å². The maximum absolute atomic E-state index is 10.5. The van der Waals surface area contributed by atoms with Crippen molar-refractivity contribution in [3.05, 3.63) is 30.5 Å². The van der Waals surface area contributed by atoms with Gasteiger partial charge in [-0.05, 0) is 24.3 Å². The predicted molar refractivity (Wildman–Crippen MR) is 60.7 cm³/mol. The Hall–Kier alpha value is -1.97. The molecule has 0 saturated heterocycles. The summed E-state index contributed by atoms with van der Waals surface area (Å²) in [6.45, 7) is 0.491. The highest BCUT2D eigenvalue weighted by molar-refractivity contribution is 5.81. The van der Waals surface area contributed by atoms with E-state index in [1.165, 1.54) is 0 Å². The molecular formula is C12H13NO3. The molecule has 1 heterocycles. The van der Waals surface area contributed by atoms with Gasteiger partial charge in [0.2, 0.25) is 0 Å². The number of carboxylic acid groups (broad SMARTS) is 1. The van der Waals surface area contributed by atoms with Crippen LogP contribution in [-0.4, -0.2) is 22.8 Å². The lowest BCUT2D eigenvalue weighted by atomic mass is 10.2. The van der Waals surface area contributed by atoms with Crippen molar-refractivity contribution in [2.75, 3.05) is 7.11 Å². The molecule has 0 aliphatic heterocycles. The summed E-state index contributed by atoms with van der Waals surface area (Å²) in [6.07, 6.45) is 2.03. The van der Waals surface area contributed by atoms with Gasteiger partial charge >= 0.3 is 5.97 Å². The van der Waals surface area contributed by atoms with Crippen LogP contribution in [0.5, 0.6) is 5.75 Å². The number of ether oxygens (including phenoxy) is 1. The van der Waals surface area contributed by atoms with Gasteiger partial charge in [-0.25, -0.2) is 0 Å². The van der Waals surface area contributed by atoms with Gasteiger partial charge in [-0.1, -0.05) is 0 Å². The molecule has 1 N–H and O–H groups in total. The second-order valence-electron chi connectivity index (χ2n) is 3.58. The Balaban J connectivity index is 2.30. The lowest BCUT2D eigenvalue weighted by molar-refractivity contribution is -0.137. The van der Waals surface area contributed by atoms with Gasteiger partial charge < -0.3 is 14.4 Å². The van der Waals surface area contributed by atoms with Crippen LogP contribution in [0, 0.1) is 0 Å². The molecule has 4 heteroatoms. The minimum absolute atomic E-state index is 0.135. The molecule has 0 bridgehead atoms. The number of aryl methyl sites for hydroxylation is 1. The van der Waals surface area contributed by atoms with Crippen molar-refractivity contribution in [2.45, 2.75) is 13.0 Å². The summed E-state index contributed by atoms with van der Waals surface area (Å²) in [5, 5.41) is 9.69. The second kappa shape index (κ2) is 4.26. The molecule has 16 heavy (non-hydrogen) atoms. The van der Waals surface area contributed by atoms with Gasteiger partial charge in [0.15, 0.2) is 0 Å². The van der Waals surface area contributed by atoms with Crippen LogP contribution in [0.4, 0.5) is 0 Å². The van der Waals surface area contributed by atoms with Crippen molar-refractivity contribution in [3.63, 3.8) is 0 Å². The van der Waals surface area contributed by atoms with E-state index in [0.717, 1.165) is 16.7 Å². The smallest absolute Gasteiger partial charge is 0.305 e. The molecule has 0 aliphatic carbocycles. The predicted octanol–water partition coefficient (Wildman–Crippen LogP) is 2.12. The normalized spacial score (nSPS) is 10.6. The van der Waals surface area contributed by atoms with E-state index in [1.807, 2.05) is 35.0 Å². The number of carboxylic acids is 1. The monoisotopic (exact) mass is 219 g/mol. The molecule has 2 aromatic rings. The number of methoxy groups -OCH3 is 1. The van der Waals surface area contributed by atoms with Crippen molar-refractivity contribution in [1.29, 1.82) is 0 Å². The molecular weight excluding hydrogens is 206 g/mol. The van der Waals surface area contributed by atoms with E-state index in [0.29, 0.717) is 6.54 Å². The van der Waals surface area contributed by atoms with E-state index in [9.17, 15) is 4.79 Å². The van der Waals surface area contributed by atoms with Crippen LogP contribution in [0.25, 0.3) is 10.9 Å². The Morgan fingerprint density at radius 1 is 1.44 bits per heavy atom. The standard InChI is InChI=1S/C12H13NO3/c1-16-10-2-3-11-9(8-10)4-6-13(11)7-5-12(14)15/h2-4,6,8H,5,7H2,1H3,(H,14,15). The summed E-state index contributed by atoms with van der Waals surface area (Å²) in [6, 6.07) is 7.71. The SMILES string of the molecule is COc1ccc2c(ccn2CCC(=O)O)c1. The van der Waals surface area contributed by atoms with Gasteiger partial charge in [-0.3, -0.25) is 4.79 Å². The molecule has 0 spiro atoms. The van der Waals surface area contributed by atoms with Crippen molar-refractivity contribution >= 4 is 16.9 Å².